The van der Waals surface area contributed by atoms with Crippen LogP contribution in [0.25, 0.3) is 0 Å². The lowest BCUT2D eigenvalue weighted by atomic mass is 10.2. The molecule has 0 aromatic heterocycles. The molecule has 1 N–H and O–H groups in total. The Morgan fingerprint density at radius 3 is 2.35 bits per heavy atom. The molecule has 148 valence electrons. The molecule has 0 bridgehead atoms. The van der Waals surface area contributed by atoms with E-state index >= 15 is 0 Å². The van der Waals surface area contributed by atoms with Crippen molar-refractivity contribution in [2.24, 2.45) is 4.99 Å². The van der Waals surface area contributed by atoms with Gasteiger partial charge in [-0.1, -0.05) is 25.5 Å². The van der Waals surface area contributed by atoms with Crippen molar-refractivity contribution in [3.63, 3.8) is 0 Å². The first kappa shape index (κ1) is 22.3. The van der Waals surface area contributed by atoms with Crippen molar-refractivity contribution in [3.8, 4) is 5.75 Å². The molecule has 1 rings (SSSR count). The minimum absolute atomic E-state index is 0.631. The third-order valence-electron chi connectivity index (χ3n) is 3.77. The predicted molar refractivity (Wildman–Crippen MR) is 107 cm³/mol. The highest BCUT2D eigenvalue weighted by atomic mass is 16.5. The molecule has 1 aromatic carbocycles. The monoisotopic (exact) mass is 365 g/mol. The fourth-order valence-electron chi connectivity index (χ4n) is 2.39. The smallest absolute Gasteiger partial charge is 0.193 e. The second-order valence-electron chi connectivity index (χ2n) is 5.99. The highest BCUT2D eigenvalue weighted by Crippen LogP contribution is 2.13. The predicted octanol–water partition coefficient (Wildman–Crippen LogP) is 2.93. The fraction of sp³-hybridized carbons (Fsp3) is 0.650. The quantitative estimate of drug-likeness (QED) is 0.331. The summed E-state index contributed by atoms with van der Waals surface area (Å²) >= 11 is 0. The topological polar surface area (TPSA) is 55.3 Å². The molecule has 26 heavy (non-hydrogen) atoms. The van der Waals surface area contributed by atoms with E-state index in [9.17, 15) is 0 Å². The molecule has 0 aliphatic rings. The fourth-order valence-corrected chi connectivity index (χ4v) is 2.39. The Bertz CT molecular complexity index is 492. The molecule has 0 aliphatic carbocycles. The zero-order valence-electron chi connectivity index (χ0n) is 16.8. The lowest BCUT2D eigenvalue weighted by Crippen LogP contribution is -2.40. The van der Waals surface area contributed by atoms with Gasteiger partial charge in [-0.3, -0.25) is 4.99 Å². The summed E-state index contributed by atoms with van der Waals surface area (Å²) in [5, 5.41) is 3.32. The van der Waals surface area contributed by atoms with E-state index in [4.69, 9.17) is 14.2 Å². The van der Waals surface area contributed by atoms with Crippen LogP contribution in [0.4, 0.5) is 0 Å². The lowest BCUT2D eigenvalue weighted by Gasteiger charge is -2.22. The van der Waals surface area contributed by atoms with Gasteiger partial charge in [0.05, 0.1) is 26.4 Å². The van der Waals surface area contributed by atoms with Gasteiger partial charge in [-0.25, -0.2) is 0 Å². The number of unbranched alkanes of at least 4 members (excludes halogenated alkanes) is 1. The minimum atomic E-state index is 0.631. The zero-order valence-corrected chi connectivity index (χ0v) is 16.8. The van der Waals surface area contributed by atoms with Crippen LogP contribution in [0.5, 0.6) is 5.75 Å². The summed E-state index contributed by atoms with van der Waals surface area (Å²) in [6.07, 6.45) is 2.27. The Labute approximate surface area is 158 Å². The van der Waals surface area contributed by atoms with E-state index < -0.39 is 0 Å². The Kier molecular flexibility index (Phi) is 12.3. The molecular weight excluding hydrogens is 330 g/mol. The first-order valence-electron chi connectivity index (χ1n) is 9.50. The number of hydrogen-bond acceptors (Lipinski definition) is 4. The highest BCUT2D eigenvalue weighted by Gasteiger charge is 2.06. The number of nitrogens with zero attached hydrogens (tertiary/aromatic N) is 2. The number of guanidine groups is 1. The second-order valence-corrected chi connectivity index (χ2v) is 5.99. The molecule has 0 saturated carbocycles. The third kappa shape index (κ3) is 9.63. The van der Waals surface area contributed by atoms with Gasteiger partial charge in [0, 0.05) is 33.8 Å². The van der Waals surface area contributed by atoms with Gasteiger partial charge in [0.15, 0.2) is 5.96 Å². The van der Waals surface area contributed by atoms with Crippen LogP contribution in [-0.4, -0.2) is 64.5 Å². The number of rotatable bonds is 13. The minimum Gasteiger partial charge on any atom is -0.494 e. The number of hydrogen-bond donors (Lipinski definition) is 1. The van der Waals surface area contributed by atoms with Gasteiger partial charge < -0.3 is 24.4 Å². The van der Waals surface area contributed by atoms with Crippen LogP contribution in [-0.2, 0) is 16.0 Å². The third-order valence-corrected chi connectivity index (χ3v) is 3.77. The highest BCUT2D eigenvalue weighted by molar-refractivity contribution is 5.79. The van der Waals surface area contributed by atoms with Crippen molar-refractivity contribution < 1.29 is 14.2 Å². The summed E-state index contributed by atoms with van der Waals surface area (Å²) in [6, 6.07) is 8.16. The molecule has 0 amide bonds. The van der Waals surface area contributed by atoms with Gasteiger partial charge in [0.1, 0.15) is 5.75 Å². The zero-order chi connectivity index (χ0) is 19.0. The van der Waals surface area contributed by atoms with Gasteiger partial charge in [0.25, 0.3) is 0 Å². The van der Waals surface area contributed by atoms with Crippen molar-refractivity contribution in [2.45, 2.75) is 33.2 Å². The van der Waals surface area contributed by atoms with Crippen LogP contribution in [0.3, 0.4) is 0 Å². The first-order chi connectivity index (χ1) is 12.7. The van der Waals surface area contributed by atoms with Crippen molar-refractivity contribution in [3.05, 3.63) is 29.8 Å². The molecule has 0 unspecified atom stereocenters. The van der Waals surface area contributed by atoms with Crippen LogP contribution >= 0.6 is 0 Å². The summed E-state index contributed by atoms with van der Waals surface area (Å²) in [7, 11) is 3.81. The normalized spacial score (nSPS) is 11.5. The molecule has 0 atom stereocenters. The maximum absolute atomic E-state index is 5.57. The van der Waals surface area contributed by atoms with E-state index in [1.54, 1.807) is 7.05 Å². The maximum Gasteiger partial charge on any atom is 0.193 e. The molecule has 6 nitrogen and oxygen atoms in total. The van der Waals surface area contributed by atoms with E-state index in [2.05, 4.69) is 34.3 Å². The number of benzene rings is 1. The van der Waals surface area contributed by atoms with Crippen molar-refractivity contribution in [2.75, 3.05) is 53.7 Å². The van der Waals surface area contributed by atoms with E-state index in [-0.39, 0.29) is 0 Å². The summed E-state index contributed by atoms with van der Waals surface area (Å²) < 4.78 is 16.5. The van der Waals surface area contributed by atoms with Crippen LogP contribution in [0.1, 0.15) is 32.3 Å². The lowest BCUT2D eigenvalue weighted by molar-refractivity contribution is 0.0486. The van der Waals surface area contributed by atoms with Crippen LogP contribution in [0, 0.1) is 0 Å². The number of nitrogens with one attached hydrogen (secondary N) is 1. The van der Waals surface area contributed by atoms with Crippen molar-refractivity contribution in [1.29, 1.82) is 0 Å². The van der Waals surface area contributed by atoms with E-state index in [1.807, 2.05) is 26.1 Å². The molecule has 0 spiro atoms. The molecule has 0 heterocycles. The average Bonchev–Trinajstić information content (AvgIpc) is 2.65. The van der Waals surface area contributed by atoms with Crippen LogP contribution < -0.4 is 10.1 Å². The summed E-state index contributed by atoms with van der Waals surface area (Å²) in [5.41, 5.74) is 1.21. The van der Waals surface area contributed by atoms with E-state index in [0.717, 1.165) is 44.2 Å². The van der Waals surface area contributed by atoms with Crippen LogP contribution in [0.15, 0.2) is 29.3 Å². The maximum atomic E-state index is 5.57. The van der Waals surface area contributed by atoms with E-state index in [0.29, 0.717) is 26.4 Å². The van der Waals surface area contributed by atoms with Gasteiger partial charge in [-0.15, -0.1) is 0 Å². The largest absolute Gasteiger partial charge is 0.494 e. The van der Waals surface area contributed by atoms with Crippen molar-refractivity contribution in [1.82, 2.24) is 10.2 Å². The molecular formula is C20H35N3O3. The summed E-state index contributed by atoms with van der Waals surface area (Å²) in [4.78, 5) is 6.41. The summed E-state index contributed by atoms with van der Waals surface area (Å²) in [6.45, 7) is 9.06. The Hall–Kier alpha value is -1.79. The Balaban J connectivity index is 2.22. The molecule has 0 saturated heterocycles. The Morgan fingerprint density at radius 1 is 1.04 bits per heavy atom. The number of aliphatic imine (C=N–C) groups is 1. The molecule has 0 aliphatic heterocycles. The Morgan fingerprint density at radius 2 is 1.73 bits per heavy atom. The molecule has 6 heteroatoms. The molecule has 1 aromatic rings. The van der Waals surface area contributed by atoms with Gasteiger partial charge in [-0.2, -0.15) is 0 Å². The van der Waals surface area contributed by atoms with Gasteiger partial charge in [0.2, 0.25) is 0 Å². The number of ether oxygens (including phenoxy) is 3. The van der Waals surface area contributed by atoms with Crippen LogP contribution in [0.2, 0.25) is 0 Å². The second kappa shape index (κ2) is 14.4. The SMILES string of the molecule is CCCCOCCOCCNC(=NC)N(C)Cc1ccc(OCC)cc1. The standard InChI is InChI=1S/C20H35N3O3/c1-5-7-13-24-15-16-25-14-12-22-20(21-3)23(4)17-18-8-10-19(11-9-18)26-6-2/h8-11H,5-7,12-17H2,1-4H3,(H,21,22). The average molecular weight is 366 g/mol. The van der Waals surface area contributed by atoms with Gasteiger partial charge in [-0.05, 0) is 31.0 Å². The first-order valence-corrected chi connectivity index (χ1v) is 9.50. The molecule has 0 fully saturated rings. The van der Waals surface area contributed by atoms with Gasteiger partial charge >= 0.3 is 0 Å². The van der Waals surface area contributed by atoms with Crippen molar-refractivity contribution >= 4 is 5.96 Å². The summed E-state index contributed by atoms with van der Waals surface area (Å²) in [5.74, 6) is 1.75. The molecule has 0 radical (unpaired) electrons. The van der Waals surface area contributed by atoms with E-state index in [1.165, 1.54) is 5.56 Å².